The molecule has 17 heavy (non-hydrogen) atoms. The molecule has 0 saturated heterocycles. The van der Waals surface area contributed by atoms with Gasteiger partial charge in [0.2, 0.25) is 0 Å². The van der Waals surface area contributed by atoms with Crippen molar-refractivity contribution < 1.29 is 10.2 Å². The van der Waals surface area contributed by atoms with E-state index in [-0.39, 0.29) is 5.92 Å². The minimum atomic E-state index is -0.794. The van der Waals surface area contributed by atoms with Crippen molar-refractivity contribution in [1.29, 1.82) is 0 Å². The molecule has 2 N–H and O–H groups in total. The smallest absolute Gasteiger partial charge is 0.0689 e. The van der Waals surface area contributed by atoms with E-state index < -0.39 is 11.2 Å². The average Bonchev–Trinajstić information content (AvgIpc) is 2.16. The molecule has 2 heteroatoms. The molecule has 0 aromatic heterocycles. The van der Waals surface area contributed by atoms with Gasteiger partial charge in [0.05, 0.1) is 11.2 Å². The second-order valence-corrected chi connectivity index (χ2v) is 5.54. The number of rotatable bonds is 8. The zero-order chi connectivity index (χ0) is 13.5. The molecule has 0 aliphatic rings. The second-order valence-electron chi connectivity index (χ2n) is 5.54. The lowest BCUT2D eigenvalue weighted by atomic mass is 9.77. The maximum Gasteiger partial charge on any atom is 0.0689 e. The minimum absolute atomic E-state index is 0.0958. The zero-order valence-corrected chi connectivity index (χ0v) is 11.8. The molecule has 2 nitrogen and oxygen atoms in total. The summed E-state index contributed by atoms with van der Waals surface area (Å²) in [6, 6.07) is 0. The fourth-order valence-corrected chi connectivity index (χ4v) is 2.41. The van der Waals surface area contributed by atoms with Crippen LogP contribution in [-0.2, 0) is 0 Å². The largest absolute Gasteiger partial charge is 0.390 e. The van der Waals surface area contributed by atoms with Gasteiger partial charge in [-0.2, -0.15) is 0 Å². The van der Waals surface area contributed by atoms with E-state index in [1.807, 2.05) is 20.8 Å². The van der Waals surface area contributed by atoms with Crippen LogP contribution in [0.4, 0.5) is 0 Å². The SMILES string of the molecule is C=C=CC(CC(C)(O)CCC)C(C)(O)CCC. The highest BCUT2D eigenvalue weighted by Gasteiger charge is 2.34. The maximum atomic E-state index is 10.4. The third-order valence-corrected chi connectivity index (χ3v) is 3.32. The van der Waals surface area contributed by atoms with Crippen LogP contribution in [0.2, 0.25) is 0 Å². The molecule has 3 atom stereocenters. The molecule has 0 aromatic rings. The Labute approximate surface area is 106 Å². The average molecular weight is 240 g/mol. The second kappa shape index (κ2) is 7.00. The van der Waals surface area contributed by atoms with Crippen LogP contribution in [0.25, 0.3) is 0 Å². The summed E-state index contributed by atoms with van der Waals surface area (Å²) in [5.41, 5.74) is 1.22. The van der Waals surface area contributed by atoms with Crippen LogP contribution in [0.15, 0.2) is 18.4 Å². The van der Waals surface area contributed by atoms with Crippen molar-refractivity contribution in [3.05, 3.63) is 18.4 Å². The van der Waals surface area contributed by atoms with Crippen molar-refractivity contribution in [2.24, 2.45) is 5.92 Å². The quantitative estimate of drug-likeness (QED) is 0.638. The molecule has 0 aliphatic carbocycles. The highest BCUT2D eigenvalue weighted by atomic mass is 16.3. The molecule has 0 spiro atoms. The van der Waals surface area contributed by atoms with Gasteiger partial charge in [0.25, 0.3) is 0 Å². The molecule has 0 fully saturated rings. The lowest BCUT2D eigenvalue weighted by Gasteiger charge is -2.35. The third-order valence-electron chi connectivity index (χ3n) is 3.32. The van der Waals surface area contributed by atoms with Crippen molar-refractivity contribution in [3.63, 3.8) is 0 Å². The highest BCUT2D eigenvalue weighted by Crippen LogP contribution is 2.32. The molecule has 100 valence electrons. The molecule has 3 unspecified atom stereocenters. The molecular formula is C15H28O2. The van der Waals surface area contributed by atoms with E-state index in [9.17, 15) is 10.2 Å². The van der Waals surface area contributed by atoms with E-state index >= 15 is 0 Å². The minimum Gasteiger partial charge on any atom is -0.390 e. The predicted molar refractivity (Wildman–Crippen MR) is 72.9 cm³/mol. The number of aliphatic hydroxyl groups is 2. The fourth-order valence-electron chi connectivity index (χ4n) is 2.41. The normalized spacial score (nSPS) is 19.9. The van der Waals surface area contributed by atoms with Crippen LogP contribution in [0, 0.1) is 5.92 Å². The number of hydrogen-bond acceptors (Lipinski definition) is 2. The third kappa shape index (κ3) is 6.07. The zero-order valence-electron chi connectivity index (χ0n) is 11.8. The summed E-state index contributed by atoms with van der Waals surface area (Å²) < 4.78 is 0. The molecule has 0 aliphatic heterocycles. The summed E-state index contributed by atoms with van der Waals surface area (Å²) >= 11 is 0. The topological polar surface area (TPSA) is 40.5 Å². The Morgan fingerprint density at radius 2 is 1.71 bits per heavy atom. The summed E-state index contributed by atoms with van der Waals surface area (Å²) in [4.78, 5) is 0. The lowest BCUT2D eigenvalue weighted by molar-refractivity contribution is -0.0405. The van der Waals surface area contributed by atoms with Gasteiger partial charge in [-0.3, -0.25) is 0 Å². The van der Waals surface area contributed by atoms with Gasteiger partial charge in [-0.05, 0) is 39.2 Å². The van der Waals surface area contributed by atoms with Crippen molar-refractivity contribution in [1.82, 2.24) is 0 Å². The summed E-state index contributed by atoms with van der Waals surface area (Å²) in [5.74, 6) is -0.0958. The van der Waals surface area contributed by atoms with Gasteiger partial charge in [-0.15, -0.1) is 5.73 Å². The summed E-state index contributed by atoms with van der Waals surface area (Å²) in [5, 5.41) is 20.7. The van der Waals surface area contributed by atoms with Gasteiger partial charge < -0.3 is 10.2 Å². The molecule has 0 rings (SSSR count). The van der Waals surface area contributed by atoms with E-state index in [4.69, 9.17) is 0 Å². The first-order valence-electron chi connectivity index (χ1n) is 6.59. The number of hydrogen-bond donors (Lipinski definition) is 2. The van der Waals surface area contributed by atoms with Gasteiger partial charge in [0, 0.05) is 5.92 Å². The van der Waals surface area contributed by atoms with E-state index in [1.165, 1.54) is 0 Å². The van der Waals surface area contributed by atoms with Gasteiger partial charge in [0.15, 0.2) is 0 Å². The molecular weight excluding hydrogens is 212 g/mol. The first-order chi connectivity index (χ1) is 7.79. The van der Waals surface area contributed by atoms with Crippen LogP contribution in [0.3, 0.4) is 0 Å². The first-order valence-corrected chi connectivity index (χ1v) is 6.59. The van der Waals surface area contributed by atoms with Gasteiger partial charge >= 0.3 is 0 Å². The van der Waals surface area contributed by atoms with Crippen LogP contribution in [0.1, 0.15) is 59.8 Å². The molecule has 0 amide bonds. The van der Waals surface area contributed by atoms with E-state index in [0.717, 1.165) is 25.7 Å². The standard InChI is InChI=1S/C15H28O2/c1-6-9-13(15(5,17)11-8-3)12-14(4,16)10-7-2/h9,13,16-17H,1,7-8,10-12H2,2-5H3. The Bertz CT molecular complexity index is 260. The van der Waals surface area contributed by atoms with E-state index in [1.54, 1.807) is 6.08 Å². The Morgan fingerprint density at radius 3 is 2.12 bits per heavy atom. The summed E-state index contributed by atoms with van der Waals surface area (Å²) in [7, 11) is 0. The van der Waals surface area contributed by atoms with Crippen molar-refractivity contribution >= 4 is 0 Å². The first kappa shape index (κ1) is 16.4. The van der Waals surface area contributed by atoms with Gasteiger partial charge in [-0.25, -0.2) is 0 Å². The Hall–Kier alpha value is -0.560. The molecule has 0 heterocycles. The van der Waals surface area contributed by atoms with Crippen LogP contribution >= 0.6 is 0 Å². The maximum absolute atomic E-state index is 10.4. The van der Waals surface area contributed by atoms with Crippen LogP contribution in [0.5, 0.6) is 0 Å². The summed E-state index contributed by atoms with van der Waals surface area (Å²) in [6.07, 6.45) is 5.67. The van der Waals surface area contributed by atoms with Crippen molar-refractivity contribution in [2.75, 3.05) is 0 Å². The van der Waals surface area contributed by atoms with E-state index in [2.05, 4.69) is 19.2 Å². The summed E-state index contributed by atoms with van der Waals surface area (Å²) in [6.45, 7) is 11.3. The Balaban J connectivity index is 4.81. The van der Waals surface area contributed by atoms with Crippen LogP contribution < -0.4 is 0 Å². The van der Waals surface area contributed by atoms with Gasteiger partial charge in [0.1, 0.15) is 0 Å². The van der Waals surface area contributed by atoms with Gasteiger partial charge in [-0.1, -0.05) is 33.3 Å². The van der Waals surface area contributed by atoms with Crippen molar-refractivity contribution in [2.45, 2.75) is 71.0 Å². The molecule has 0 radical (unpaired) electrons. The predicted octanol–water partition coefficient (Wildman–Crippen LogP) is 3.44. The molecule has 0 aromatic carbocycles. The monoisotopic (exact) mass is 240 g/mol. The fraction of sp³-hybridized carbons (Fsp3) is 0.800. The lowest BCUT2D eigenvalue weighted by Crippen LogP contribution is -2.39. The Kier molecular flexibility index (Phi) is 6.77. The Morgan fingerprint density at radius 1 is 1.18 bits per heavy atom. The van der Waals surface area contributed by atoms with E-state index in [0.29, 0.717) is 6.42 Å². The highest BCUT2D eigenvalue weighted by molar-refractivity contribution is 4.98. The molecule has 0 bridgehead atoms. The molecule has 0 saturated carbocycles. The van der Waals surface area contributed by atoms with Crippen molar-refractivity contribution in [3.8, 4) is 0 Å². The van der Waals surface area contributed by atoms with Crippen LogP contribution in [-0.4, -0.2) is 21.4 Å².